The van der Waals surface area contributed by atoms with Crippen LogP contribution in [0.1, 0.15) is 25.2 Å². The minimum atomic E-state index is 0.431. The molecular weight excluding hydrogens is 224 g/mol. The Bertz CT molecular complexity index is 564. The van der Waals surface area contributed by atoms with E-state index in [2.05, 4.69) is 25.2 Å². The highest BCUT2D eigenvalue weighted by atomic mass is 16.3. The lowest BCUT2D eigenvalue weighted by atomic mass is 10.1. The lowest BCUT2D eigenvalue weighted by Gasteiger charge is -2.05. The number of benzene rings is 1. The minimum Gasteiger partial charge on any atom is -0.460 e. The van der Waals surface area contributed by atoms with Crippen molar-refractivity contribution < 1.29 is 4.42 Å². The van der Waals surface area contributed by atoms with Crippen molar-refractivity contribution in [3.8, 4) is 17.4 Å². The maximum atomic E-state index is 8.87. The molecule has 0 saturated carbocycles. The molecule has 3 heteroatoms. The van der Waals surface area contributed by atoms with Gasteiger partial charge < -0.3 is 9.73 Å². The first-order chi connectivity index (χ1) is 8.69. The summed E-state index contributed by atoms with van der Waals surface area (Å²) >= 11 is 0. The van der Waals surface area contributed by atoms with Gasteiger partial charge >= 0.3 is 0 Å². The third-order valence-corrected chi connectivity index (χ3v) is 2.62. The molecule has 3 nitrogen and oxygen atoms in total. The molecular formula is C15H16N2O. The van der Waals surface area contributed by atoms with E-state index in [0.29, 0.717) is 11.6 Å². The Balaban J connectivity index is 2.16. The molecule has 0 aliphatic carbocycles. The average molecular weight is 240 g/mol. The van der Waals surface area contributed by atoms with Gasteiger partial charge in [0.25, 0.3) is 0 Å². The minimum absolute atomic E-state index is 0.431. The van der Waals surface area contributed by atoms with E-state index in [0.717, 1.165) is 23.6 Å². The molecule has 0 spiro atoms. The van der Waals surface area contributed by atoms with E-state index < -0.39 is 0 Å². The van der Waals surface area contributed by atoms with Gasteiger partial charge in [0.15, 0.2) is 0 Å². The highest BCUT2D eigenvalue weighted by molar-refractivity contribution is 5.60. The lowest BCUT2D eigenvalue weighted by Crippen LogP contribution is -2.21. The number of furan rings is 1. The van der Waals surface area contributed by atoms with Crippen molar-refractivity contribution in [3.63, 3.8) is 0 Å². The lowest BCUT2D eigenvalue weighted by molar-refractivity contribution is 0.473. The van der Waals surface area contributed by atoms with Gasteiger partial charge in [-0.25, -0.2) is 0 Å². The number of nitrogens with zero attached hydrogens (tertiary/aromatic N) is 1. The molecule has 0 aliphatic rings. The summed E-state index contributed by atoms with van der Waals surface area (Å²) in [6, 6.07) is 13.9. The monoisotopic (exact) mass is 240 g/mol. The number of nitriles is 1. The summed E-state index contributed by atoms with van der Waals surface area (Å²) in [4.78, 5) is 0. The van der Waals surface area contributed by atoms with Crippen molar-refractivity contribution in [2.45, 2.75) is 26.4 Å². The fourth-order valence-corrected chi connectivity index (χ4v) is 1.67. The third kappa shape index (κ3) is 2.99. The SMILES string of the molecule is CC(C)NCc1ccc(-c2cccc(C#N)c2)o1. The largest absolute Gasteiger partial charge is 0.460 e. The molecule has 1 N–H and O–H groups in total. The van der Waals surface area contributed by atoms with Gasteiger partial charge in [-0.05, 0) is 24.3 Å². The van der Waals surface area contributed by atoms with E-state index in [9.17, 15) is 0 Å². The van der Waals surface area contributed by atoms with Crippen molar-refractivity contribution in [1.82, 2.24) is 5.32 Å². The maximum absolute atomic E-state index is 8.87. The van der Waals surface area contributed by atoms with Crippen molar-refractivity contribution in [3.05, 3.63) is 47.7 Å². The van der Waals surface area contributed by atoms with Gasteiger partial charge in [0, 0.05) is 11.6 Å². The third-order valence-electron chi connectivity index (χ3n) is 2.62. The van der Waals surface area contributed by atoms with Crippen LogP contribution in [0.2, 0.25) is 0 Å². The summed E-state index contributed by atoms with van der Waals surface area (Å²) in [5.41, 5.74) is 1.58. The quantitative estimate of drug-likeness (QED) is 0.891. The Morgan fingerprint density at radius 2 is 2.11 bits per heavy atom. The van der Waals surface area contributed by atoms with E-state index in [1.807, 2.05) is 30.3 Å². The van der Waals surface area contributed by atoms with Crippen LogP contribution < -0.4 is 5.32 Å². The first-order valence-corrected chi connectivity index (χ1v) is 6.01. The summed E-state index contributed by atoms with van der Waals surface area (Å²) in [6.07, 6.45) is 0. The summed E-state index contributed by atoms with van der Waals surface area (Å²) in [6.45, 7) is 4.91. The van der Waals surface area contributed by atoms with Gasteiger partial charge in [-0.2, -0.15) is 5.26 Å². The Hall–Kier alpha value is -2.05. The zero-order valence-electron chi connectivity index (χ0n) is 10.6. The van der Waals surface area contributed by atoms with Gasteiger partial charge in [0.05, 0.1) is 18.2 Å². The molecule has 2 rings (SSSR count). The summed E-state index contributed by atoms with van der Waals surface area (Å²) in [7, 11) is 0. The number of hydrogen-bond acceptors (Lipinski definition) is 3. The Morgan fingerprint density at radius 3 is 2.83 bits per heavy atom. The van der Waals surface area contributed by atoms with Crippen molar-refractivity contribution in [1.29, 1.82) is 5.26 Å². The van der Waals surface area contributed by atoms with Gasteiger partial charge in [0.2, 0.25) is 0 Å². The molecule has 0 aliphatic heterocycles. The Morgan fingerprint density at radius 1 is 1.28 bits per heavy atom. The van der Waals surface area contributed by atoms with Crippen LogP contribution in [-0.2, 0) is 6.54 Å². The highest BCUT2D eigenvalue weighted by Gasteiger charge is 2.05. The van der Waals surface area contributed by atoms with Gasteiger partial charge in [-0.1, -0.05) is 26.0 Å². The smallest absolute Gasteiger partial charge is 0.134 e. The molecule has 1 aromatic heterocycles. The van der Waals surface area contributed by atoms with E-state index in [4.69, 9.17) is 9.68 Å². The van der Waals surface area contributed by atoms with Crippen molar-refractivity contribution >= 4 is 0 Å². The van der Waals surface area contributed by atoms with Gasteiger partial charge in [0.1, 0.15) is 11.5 Å². The highest BCUT2D eigenvalue weighted by Crippen LogP contribution is 2.22. The second-order valence-electron chi connectivity index (χ2n) is 4.49. The van der Waals surface area contributed by atoms with E-state index in [-0.39, 0.29) is 0 Å². The van der Waals surface area contributed by atoms with Crippen LogP contribution in [0.15, 0.2) is 40.8 Å². The number of nitrogens with one attached hydrogen (secondary N) is 1. The number of rotatable bonds is 4. The number of hydrogen-bond donors (Lipinski definition) is 1. The molecule has 1 aromatic carbocycles. The van der Waals surface area contributed by atoms with Crippen LogP contribution in [0, 0.1) is 11.3 Å². The van der Waals surface area contributed by atoms with Crippen LogP contribution in [0.25, 0.3) is 11.3 Å². The Labute approximate surface area is 107 Å². The van der Waals surface area contributed by atoms with Gasteiger partial charge in [-0.3, -0.25) is 0 Å². The first-order valence-electron chi connectivity index (χ1n) is 6.01. The molecule has 0 unspecified atom stereocenters. The molecule has 0 fully saturated rings. The fraction of sp³-hybridized carbons (Fsp3) is 0.267. The zero-order valence-corrected chi connectivity index (χ0v) is 10.6. The van der Waals surface area contributed by atoms with Crippen molar-refractivity contribution in [2.24, 2.45) is 0 Å². The fourth-order valence-electron chi connectivity index (χ4n) is 1.67. The van der Waals surface area contributed by atoms with Crippen LogP contribution in [0.3, 0.4) is 0 Å². The van der Waals surface area contributed by atoms with E-state index >= 15 is 0 Å². The van der Waals surface area contributed by atoms with E-state index in [1.165, 1.54) is 0 Å². The molecule has 18 heavy (non-hydrogen) atoms. The average Bonchev–Trinajstić information content (AvgIpc) is 2.85. The molecule has 1 heterocycles. The molecule has 0 saturated heterocycles. The summed E-state index contributed by atoms with van der Waals surface area (Å²) in [5, 5.41) is 12.2. The van der Waals surface area contributed by atoms with Crippen LogP contribution >= 0.6 is 0 Å². The van der Waals surface area contributed by atoms with E-state index in [1.54, 1.807) is 6.07 Å². The molecule has 0 amide bonds. The van der Waals surface area contributed by atoms with Crippen LogP contribution in [0.5, 0.6) is 0 Å². The normalized spacial score (nSPS) is 10.6. The maximum Gasteiger partial charge on any atom is 0.134 e. The standard InChI is InChI=1S/C15H16N2O/c1-11(2)17-10-14-6-7-15(18-14)13-5-3-4-12(8-13)9-16/h3-8,11,17H,10H2,1-2H3. The molecule has 0 radical (unpaired) electrons. The second-order valence-corrected chi connectivity index (χ2v) is 4.49. The molecule has 0 atom stereocenters. The first kappa shape index (κ1) is 12.4. The molecule has 92 valence electrons. The van der Waals surface area contributed by atoms with Crippen LogP contribution in [-0.4, -0.2) is 6.04 Å². The topological polar surface area (TPSA) is 49.0 Å². The summed E-state index contributed by atoms with van der Waals surface area (Å²) in [5.74, 6) is 1.70. The van der Waals surface area contributed by atoms with Crippen LogP contribution in [0.4, 0.5) is 0 Å². The Kier molecular flexibility index (Phi) is 3.81. The predicted octanol–water partition coefficient (Wildman–Crippen LogP) is 3.32. The zero-order chi connectivity index (χ0) is 13.0. The molecule has 2 aromatic rings. The molecule has 0 bridgehead atoms. The van der Waals surface area contributed by atoms with Gasteiger partial charge in [-0.15, -0.1) is 0 Å². The second kappa shape index (κ2) is 5.52. The predicted molar refractivity (Wildman–Crippen MR) is 70.8 cm³/mol. The summed E-state index contributed by atoms with van der Waals surface area (Å²) < 4.78 is 5.75. The van der Waals surface area contributed by atoms with Crippen molar-refractivity contribution in [2.75, 3.05) is 0 Å².